The Balaban J connectivity index is 1.86. The fourth-order valence-corrected chi connectivity index (χ4v) is 4.43. The zero-order chi connectivity index (χ0) is 20.9. The van der Waals surface area contributed by atoms with Gasteiger partial charge in [-0.2, -0.15) is 0 Å². The van der Waals surface area contributed by atoms with Gasteiger partial charge in [0.1, 0.15) is 0 Å². The second kappa shape index (κ2) is 9.18. The van der Waals surface area contributed by atoms with E-state index in [9.17, 15) is 18.0 Å². The monoisotopic (exact) mass is 423 g/mol. The van der Waals surface area contributed by atoms with Crippen molar-refractivity contribution in [3.63, 3.8) is 0 Å². The van der Waals surface area contributed by atoms with Crippen LogP contribution in [-0.4, -0.2) is 26.8 Å². The molecule has 28 heavy (non-hydrogen) atoms. The van der Waals surface area contributed by atoms with Gasteiger partial charge in [-0.25, -0.2) is 13.1 Å². The molecule has 2 aromatic carbocycles. The zero-order valence-corrected chi connectivity index (χ0v) is 17.4. The molecule has 0 bridgehead atoms. The Morgan fingerprint density at radius 1 is 0.964 bits per heavy atom. The number of sulfonamides is 1. The van der Waals surface area contributed by atoms with Crippen LogP contribution in [0.1, 0.15) is 33.5 Å². The second-order valence-electron chi connectivity index (χ2n) is 6.38. The number of hydrogen-bond acceptors (Lipinski definition) is 4. The first kappa shape index (κ1) is 21.9. The number of benzene rings is 2. The molecule has 0 saturated heterocycles. The Bertz CT molecular complexity index is 966. The normalized spacial score (nSPS) is 11.1. The van der Waals surface area contributed by atoms with Crippen LogP contribution in [0.2, 0.25) is 5.02 Å². The van der Waals surface area contributed by atoms with Crippen molar-refractivity contribution in [1.29, 1.82) is 0 Å². The van der Waals surface area contributed by atoms with Crippen LogP contribution in [0, 0.1) is 20.8 Å². The number of halogens is 1. The fourth-order valence-electron chi connectivity index (χ4n) is 2.82. The molecular weight excluding hydrogens is 402 g/mol. The summed E-state index contributed by atoms with van der Waals surface area (Å²) in [5.74, 6) is -1.03. The highest BCUT2D eigenvalue weighted by Gasteiger charge is 2.19. The van der Waals surface area contributed by atoms with Gasteiger partial charge in [-0.3, -0.25) is 20.4 Å². The van der Waals surface area contributed by atoms with Crippen LogP contribution in [0.4, 0.5) is 0 Å². The third-order valence-corrected chi connectivity index (χ3v) is 5.96. The van der Waals surface area contributed by atoms with Crippen LogP contribution in [-0.2, 0) is 14.8 Å². The number of hydrogen-bond donors (Lipinski definition) is 3. The first-order valence-corrected chi connectivity index (χ1v) is 10.4. The minimum atomic E-state index is -3.74. The summed E-state index contributed by atoms with van der Waals surface area (Å²) in [6.45, 7) is 5.26. The number of amides is 2. The van der Waals surface area contributed by atoms with E-state index in [4.69, 9.17) is 11.6 Å². The maximum absolute atomic E-state index is 12.5. The highest BCUT2D eigenvalue weighted by Crippen LogP contribution is 2.21. The molecule has 2 amide bonds. The molecule has 0 aliphatic carbocycles. The van der Waals surface area contributed by atoms with Crippen LogP contribution in [0.5, 0.6) is 0 Å². The molecule has 0 atom stereocenters. The first-order valence-electron chi connectivity index (χ1n) is 8.52. The lowest BCUT2D eigenvalue weighted by Gasteiger charge is -2.13. The topological polar surface area (TPSA) is 104 Å². The molecule has 7 nitrogen and oxygen atoms in total. The van der Waals surface area contributed by atoms with Crippen molar-refractivity contribution < 1.29 is 18.0 Å². The summed E-state index contributed by atoms with van der Waals surface area (Å²) in [6.07, 6.45) is -0.135. The van der Waals surface area contributed by atoms with Crippen molar-refractivity contribution in [1.82, 2.24) is 15.6 Å². The number of nitrogens with one attached hydrogen (secondary N) is 3. The van der Waals surface area contributed by atoms with Crippen molar-refractivity contribution in [3.8, 4) is 0 Å². The molecule has 0 spiro atoms. The second-order valence-corrected chi connectivity index (χ2v) is 8.53. The lowest BCUT2D eigenvalue weighted by Crippen LogP contribution is -2.42. The van der Waals surface area contributed by atoms with E-state index in [-0.39, 0.29) is 17.9 Å². The third-order valence-electron chi connectivity index (χ3n) is 3.94. The summed E-state index contributed by atoms with van der Waals surface area (Å²) in [7, 11) is -3.74. The Morgan fingerprint density at radius 3 is 2.11 bits per heavy atom. The van der Waals surface area contributed by atoms with Crippen LogP contribution in [0.25, 0.3) is 0 Å². The molecule has 0 fully saturated rings. The molecule has 0 saturated carbocycles. The number of rotatable bonds is 6. The highest BCUT2D eigenvalue weighted by atomic mass is 35.5. The minimum Gasteiger partial charge on any atom is -0.273 e. The predicted molar refractivity (Wildman–Crippen MR) is 108 cm³/mol. The smallest absolute Gasteiger partial charge is 0.269 e. The van der Waals surface area contributed by atoms with Gasteiger partial charge in [0, 0.05) is 23.6 Å². The van der Waals surface area contributed by atoms with Crippen molar-refractivity contribution in [2.75, 3.05) is 6.54 Å². The van der Waals surface area contributed by atoms with Gasteiger partial charge >= 0.3 is 0 Å². The molecule has 0 unspecified atom stereocenters. The van der Waals surface area contributed by atoms with Crippen molar-refractivity contribution in [2.24, 2.45) is 0 Å². The average Bonchev–Trinajstić information content (AvgIpc) is 2.59. The number of carbonyl (C=O) groups is 2. The third kappa shape index (κ3) is 5.79. The van der Waals surface area contributed by atoms with Gasteiger partial charge in [0.2, 0.25) is 15.9 Å². The van der Waals surface area contributed by atoms with Gasteiger partial charge in [0.25, 0.3) is 5.91 Å². The van der Waals surface area contributed by atoms with Gasteiger partial charge in [0.05, 0.1) is 4.90 Å². The van der Waals surface area contributed by atoms with Gasteiger partial charge in [0.15, 0.2) is 0 Å². The summed E-state index contributed by atoms with van der Waals surface area (Å²) in [4.78, 5) is 24.0. The predicted octanol–water partition coefficient (Wildman–Crippen LogP) is 2.39. The number of hydrazine groups is 1. The SMILES string of the molecule is Cc1cc(C)c(S(=O)(=O)NCCC(=O)NNC(=O)c2ccc(Cl)cc2)c(C)c1. The minimum absolute atomic E-state index is 0.0995. The summed E-state index contributed by atoms with van der Waals surface area (Å²) in [5, 5.41) is 0.493. The molecule has 9 heteroatoms. The molecule has 0 heterocycles. The fraction of sp³-hybridized carbons (Fsp3) is 0.263. The Hall–Kier alpha value is -2.42. The van der Waals surface area contributed by atoms with E-state index >= 15 is 0 Å². The Kier molecular flexibility index (Phi) is 7.17. The molecule has 3 N–H and O–H groups in total. The molecule has 2 rings (SSSR count). The van der Waals surface area contributed by atoms with Crippen molar-refractivity contribution in [2.45, 2.75) is 32.1 Å². The lowest BCUT2D eigenvalue weighted by molar-refractivity contribution is -0.121. The summed E-state index contributed by atoms with van der Waals surface area (Å²) < 4.78 is 27.5. The average molecular weight is 424 g/mol. The lowest BCUT2D eigenvalue weighted by atomic mass is 10.1. The van der Waals surface area contributed by atoms with E-state index < -0.39 is 21.8 Å². The molecule has 0 aliphatic heterocycles. The summed E-state index contributed by atoms with van der Waals surface area (Å²) in [5.41, 5.74) is 7.10. The number of carbonyl (C=O) groups excluding carboxylic acids is 2. The van der Waals surface area contributed by atoms with E-state index in [2.05, 4.69) is 15.6 Å². The number of aryl methyl sites for hydroxylation is 3. The van der Waals surface area contributed by atoms with E-state index in [1.54, 1.807) is 38.1 Å². The standard InChI is InChI=1S/C19H22ClN3O4S/c1-12-10-13(2)18(14(3)11-12)28(26,27)21-9-8-17(24)22-23-19(25)15-4-6-16(20)7-5-15/h4-7,10-11,21H,8-9H2,1-3H3,(H,22,24)(H,23,25). The van der Waals surface area contributed by atoms with Crippen LogP contribution >= 0.6 is 11.6 Å². The highest BCUT2D eigenvalue weighted by molar-refractivity contribution is 7.89. The van der Waals surface area contributed by atoms with E-state index in [0.717, 1.165) is 5.56 Å². The van der Waals surface area contributed by atoms with Crippen molar-refractivity contribution in [3.05, 3.63) is 63.7 Å². The molecular formula is C19H22ClN3O4S. The quantitative estimate of drug-likeness (QED) is 0.620. The molecule has 150 valence electrons. The molecule has 0 aromatic heterocycles. The van der Waals surface area contributed by atoms with E-state index in [0.29, 0.717) is 21.7 Å². The summed E-state index contributed by atoms with van der Waals surface area (Å²) in [6, 6.07) is 9.74. The molecule has 2 aromatic rings. The largest absolute Gasteiger partial charge is 0.273 e. The van der Waals surface area contributed by atoms with Gasteiger partial charge in [-0.1, -0.05) is 29.3 Å². The van der Waals surface area contributed by atoms with Gasteiger partial charge in [-0.15, -0.1) is 0 Å². The van der Waals surface area contributed by atoms with Crippen LogP contribution < -0.4 is 15.6 Å². The van der Waals surface area contributed by atoms with Gasteiger partial charge < -0.3 is 0 Å². The zero-order valence-electron chi connectivity index (χ0n) is 15.8. The maximum atomic E-state index is 12.5. The van der Waals surface area contributed by atoms with Crippen LogP contribution in [0.3, 0.4) is 0 Å². The van der Waals surface area contributed by atoms with Crippen molar-refractivity contribution >= 4 is 33.4 Å². The molecule has 0 radical (unpaired) electrons. The van der Waals surface area contributed by atoms with E-state index in [1.165, 1.54) is 12.1 Å². The maximum Gasteiger partial charge on any atom is 0.269 e. The Morgan fingerprint density at radius 2 is 1.54 bits per heavy atom. The van der Waals surface area contributed by atoms with Crippen LogP contribution in [0.15, 0.2) is 41.3 Å². The van der Waals surface area contributed by atoms with E-state index in [1.807, 2.05) is 6.92 Å². The summed E-state index contributed by atoms with van der Waals surface area (Å²) >= 11 is 5.75. The van der Waals surface area contributed by atoms with Gasteiger partial charge in [-0.05, 0) is 56.2 Å². The Labute approximate surface area is 169 Å². The first-order chi connectivity index (χ1) is 13.1. The molecule has 0 aliphatic rings.